The Hall–Kier alpha value is -0.130. The largest absolute Gasteiger partial charge is 0.316 e. The molecule has 0 atom stereocenters. The van der Waals surface area contributed by atoms with Gasteiger partial charge in [0.25, 0.3) is 0 Å². The summed E-state index contributed by atoms with van der Waals surface area (Å²) in [6, 6.07) is 0. The minimum absolute atomic E-state index is 0.936. The number of terminal acetylenes is 1. The predicted octanol–water partition coefficient (Wildman–Crippen LogP) is 1.35. The molecule has 62 valence electrons. The first-order chi connectivity index (χ1) is 5.43. The molecule has 0 unspecified atom stereocenters. The summed E-state index contributed by atoms with van der Waals surface area (Å²) < 4.78 is 0. The summed E-state index contributed by atoms with van der Waals surface area (Å²) >= 11 is 2.04. The van der Waals surface area contributed by atoms with E-state index in [2.05, 4.69) is 11.2 Å². The van der Waals surface area contributed by atoms with Gasteiger partial charge in [-0.2, -0.15) is 11.8 Å². The number of unbranched alkanes of at least 4 members (excludes halogenated alkanes) is 1. The lowest BCUT2D eigenvalue weighted by atomic mass is 10.1. The maximum atomic E-state index is 5.14. The molecule has 1 saturated heterocycles. The molecular formula is C9H15NS. The van der Waals surface area contributed by atoms with E-state index in [1.54, 1.807) is 0 Å². The van der Waals surface area contributed by atoms with E-state index in [0.29, 0.717) is 0 Å². The highest BCUT2D eigenvalue weighted by Gasteiger charge is 2.15. The first-order valence-corrected chi connectivity index (χ1v) is 5.31. The van der Waals surface area contributed by atoms with Gasteiger partial charge in [-0.25, -0.2) is 0 Å². The van der Waals surface area contributed by atoms with Gasteiger partial charge in [-0.15, -0.1) is 12.3 Å². The van der Waals surface area contributed by atoms with Gasteiger partial charge in [0.1, 0.15) is 0 Å². The van der Waals surface area contributed by atoms with E-state index in [4.69, 9.17) is 6.42 Å². The fraction of sp³-hybridized carbons (Fsp3) is 0.778. The Labute approximate surface area is 73.3 Å². The smallest absolute Gasteiger partial charge is 0.00939 e. The van der Waals surface area contributed by atoms with Gasteiger partial charge in [0.05, 0.1) is 0 Å². The molecule has 2 heteroatoms. The van der Waals surface area contributed by atoms with Gasteiger partial charge in [-0.3, -0.25) is 0 Å². The third-order valence-electron chi connectivity index (χ3n) is 1.83. The normalized spacial score (nSPS) is 17.4. The zero-order valence-corrected chi connectivity index (χ0v) is 7.62. The van der Waals surface area contributed by atoms with Crippen molar-refractivity contribution in [1.82, 2.24) is 5.32 Å². The van der Waals surface area contributed by atoms with Crippen molar-refractivity contribution in [1.29, 1.82) is 0 Å². The second-order valence-electron chi connectivity index (χ2n) is 2.91. The summed E-state index contributed by atoms with van der Waals surface area (Å²) in [4.78, 5) is 0. The second-order valence-corrected chi connectivity index (χ2v) is 4.06. The van der Waals surface area contributed by atoms with E-state index in [0.717, 1.165) is 12.3 Å². The van der Waals surface area contributed by atoms with Crippen molar-refractivity contribution < 1.29 is 0 Å². The van der Waals surface area contributed by atoms with Crippen LogP contribution in [0.4, 0.5) is 0 Å². The van der Waals surface area contributed by atoms with E-state index in [9.17, 15) is 0 Å². The SMILES string of the molecule is C#CCCCSCC1CNC1. The molecule has 1 nitrogen and oxygen atoms in total. The lowest BCUT2D eigenvalue weighted by Gasteiger charge is -2.26. The molecule has 0 aromatic carbocycles. The Morgan fingerprint density at radius 2 is 2.36 bits per heavy atom. The number of hydrogen-bond donors (Lipinski definition) is 1. The first kappa shape index (κ1) is 8.96. The quantitative estimate of drug-likeness (QED) is 0.492. The molecule has 1 aliphatic heterocycles. The van der Waals surface area contributed by atoms with Crippen LogP contribution in [0, 0.1) is 18.3 Å². The van der Waals surface area contributed by atoms with E-state index >= 15 is 0 Å². The monoisotopic (exact) mass is 169 g/mol. The molecular weight excluding hydrogens is 154 g/mol. The van der Waals surface area contributed by atoms with Gasteiger partial charge in [0.15, 0.2) is 0 Å². The molecule has 11 heavy (non-hydrogen) atoms. The maximum absolute atomic E-state index is 5.14. The van der Waals surface area contributed by atoms with Crippen LogP contribution in [-0.2, 0) is 0 Å². The molecule has 0 spiro atoms. The van der Waals surface area contributed by atoms with Crippen LogP contribution >= 0.6 is 11.8 Å². The van der Waals surface area contributed by atoms with Gasteiger partial charge >= 0.3 is 0 Å². The lowest BCUT2D eigenvalue weighted by Crippen LogP contribution is -2.43. The van der Waals surface area contributed by atoms with Gasteiger partial charge in [-0.05, 0) is 36.9 Å². The number of hydrogen-bond acceptors (Lipinski definition) is 2. The zero-order valence-electron chi connectivity index (χ0n) is 6.81. The average Bonchev–Trinajstić information content (AvgIpc) is 1.93. The van der Waals surface area contributed by atoms with Gasteiger partial charge in [-0.1, -0.05) is 0 Å². The van der Waals surface area contributed by atoms with Crippen molar-refractivity contribution in [2.75, 3.05) is 24.6 Å². The Kier molecular flexibility index (Phi) is 4.49. The number of rotatable bonds is 5. The highest BCUT2D eigenvalue weighted by Crippen LogP contribution is 2.13. The van der Waals surface area contributed by atoms with Gasteiger partial charge in [0, 0.05) is 6.42 Å². The van der Waals surface area contributed by atoms with Crippen LogP contribution in [0.15, 0.2) is 0 Å². The molecule has 0 aromatic rings. The van der Waals surface area contributed by atoms with Crippen LogP contribution in [0.5, 0.6) is 0 Å². The molecule has 0 aromatic heterocycles. The average molecular weight is 169 g/mol. The van der Waals surface area contributed by atoms with Crippen molar-refractivity contribution in [3.05, 3.63) is 0 Å². The summed E-state index contributed by atoms with van der Waals surface area (Å²) in [5.74, 6) is 6.15. The van der Waals surface area contributed by atoms with Gasteiger partial charge in [0.2, 0.25) is 0 Å². The minimum atomic E-state index is 0.936. The van der Waals surface area contributed by atoms with Crippen LogP contribution in [0.3, 0.4) is 0 Å². The summed E-state index contributed by atoms with van der Waals surface area (Å²) in [6.45, 7) is 2.45. The van der Waals surface area contributed by atoms with E-state index < -0.39 is 0 Å². The molecule has 1 fully saturated rings. The van der Waals surface area contributed by atoms with E-state index in [1.165, 1.54) is 31.0 Å². The summed E-state index contributed by atoms with van der Waals surface area (Å²) in [5.41, 5.74) is 0. The van der Waals surface area contributed by atoms with Crippen LogP contribution in [0.25, 0.3) is 0 Å². The summed E-state index contributed by atoms with van der Waals surface area (Å²) in [5, 5.41) is 3.27. The Morgan fingerprint density at radius 1 is 1.55 bits per heavy atom. The highest BCUT2D eigenvalue weighted by molar-refractivity contribution is 7.99. The molecule has 0 aliphatic carbocycles. The zero-order chi connectivity index (χ0) is 7.94. The topological polar surface area (TPSA) is 12.0 Å². The molecule has 1 aliphatic rings. The van der Waals surface area contributed by atoms with Crippen molar-refractivity contribution >= 4 is 11.8 Å². The predicted molar refractivity (Wildman–Crippen MR) is 51.8 cm³/mol. The molecule has 1 rings (SSSR count). The third-order valence-corrected chi connectivity index (χ3v) is 3.11. The Balaban J connectivity index is 1.77. The van der Waals surface area contributed by atoms with Crippen LogP contribution in [0.2, 0.25) is 0 Å². The number of nitrogens with one attached hydrogen (secondary N) is 1. The molecule has 1 heterocycles. The van der Waals surface area contributed by atoms with Crippen molar-refractivity contribution in [3.8, 4) is 12.3 Å². The third kappa shape index (κ3) is 3.69. The fourth-order valence-corrected chi connectivity index (χ4v) is 2.08. The van der Waals surface area contributed by atoms with Crippen molar-refractivity contribution in [3.63, 3.8) is 0 Å². The van der Waals surface area contributed by atoms with Crippen LogP contribution in [0.1, 0.15) is 12.8 Å². The van der Waals surface area contributed by atoms with Crippen LogP contribution in [-0.4, -0.2) is 24.6 Å². The Bertz CT molecular complexity index is 135. The number of thioether (sulfide) groups is 1. The molecule has 0 saturated carbocycles. The minimum Gasteiger partial charge on any atom is -0.316 e. The molecule has 0 bridgehead atoms. The lowest BCUT2D eigenvalue weighted by molar-refractivity contribution is 0.385. The van der Waals surface area contributed by atoms with Crippen molar-refractivity contribution in [2.24, 2.45) is 5.92 Å². The second kappa shape index (κ2) is 5.51. The van der Waals surface area contributed by atoms with E-state index in [-0.39, 0.29) is 0 Å². The summed E-state index contributed by atoms with van der Waals surface area (Å²) in [7, 11) is 0. The summed E-state index contributed by atoms with van der Waals surface area (Å²) in [6.07, 6.45) is 7.26. The Morgan fingerprint density at radius 3 is 2.91 bits per heavy atom. The first-order valence-electron chi connectivity index (χ1n) is 4.15. The van der Waals surface area contributed by atoms with Gasteiger partial charge < -0.3 is 5.32 Å². The molecule has 1 N–H and O–H groups in total. The van der Waals surface area contributed by atoms with Crippen molar-refractivity contribution in [2.45, 2.75) is 12.8 Å². The maximum Gasteiger partial charge on any atom is 0.00939 e. The fourth-order valence-electron chi connectivity index (χ4n) is 0.993. The molecule has 0 radical (unpaired) electrons. The molecule has 0 amide bonds. The van der Waals surface area contributed by atoms with E-state index in [1.807, 2.05) is 11.8 Å². The van der Waals surface area contributed by atoms with Crippen LogP contribution < -0.4 is 5.32 Å². The highest BCUT2D eigenvalue weighted by atomic mass is 32.2. The standard InChI is InChI=1S/C9H15NS/c1-2-3-4-5-11-8-9-6-10-7-9/h1,9-10H,3-8H2.